The molecule has 0 saturated carbocycles. The van der Waals surface area contributed by atoms with Gasteiger partial charge in [-0.3, -0.25) is 14.4 Å². The maximum Gasteiger partial charge on any atom is 0.305 e. The van der Waals surface area contributed by atoms with Crippen molar-refractivity contribution in [1.29, 1.82) is 0 Å². The first-order chi connectivity index (χ1) is 10.9. The molecule has 0 aromatic heterocycles. The van der Waals surface area contributed by atoms with Crippen molar-refractivity contribution < 1.29 is 28.6 Å². The molecule has 1 aliphatic rings. The van der Waals surface area contributed by atoms with Crippen LogP contribution in [0.2, 0.25) is 0 Å². The zero-order valence-corrected chi connectivity index (χ0v) is 14.1. The molecular formula is C17H22O6. The van der Waals surface area contributed by atoms with Gasteiger partial charge in [0.05, 0.1) is 21.3 Å². The highest BCUT2D eigenvalue weighted by Crippen LogP contribution is 2.28. The Labute approximate surface area is 135 Å². The van der Waals surface area contributed by atoms with E-state index in [-0.39, 0.29) is 35.5 Å². The number of esters is 1. The van der Waals surface area contributed by atoms with Gasteiger partial charge in [-0.2, -0.15) is 0 Å². The van der Waals surface area contributed by atoms with Crippen LogP contribution < -0.4 is 0 Å². The minimum absolute atomic E-state index is 0.0647. The molecule has 23 heavy (non-hydrogen) atoms. The molecule has 0 aromatic rings. The fourth-order valence-corrected chi connectivity index (χ4v) is 2.22. The number of allylic oxidation sites excluding steroid dienone is 4. The molecule has 1 rings (SSSR count). The van der Waals surface area contributed by atoms with E-state index in [0.717, 1.165) is 5.57 Å². The topological polar surface area (TPSA) is 78.9 Å². The van der Waals surface area contributed by atoms with Crippen LogP contribution in [-0.4, -0.2) is 38.9 Å². The summed E-state index contributed by atoms with van der Waals surface area (Å²) in [5, 5.41) is 0. The predicted octanol–water partition coefficient (Wildman–Crippen LogP) is 2.25. The monoisotopic (exact) mass is 322 g/mol. The van der Waals surface area contributed by atoms with Crippen LogP contribution in [0.3, 0.4) is 0 Å². The molecule has 0 fully saturated rings. The van der Waals surface area contributed by atoms with Gasteiger partial charge < -0.3 is 14.2 Å². The van der Waals surface area contributed by atoms with Crippen LogP contribution in [-0.2, 0) is 28.6 Å². The molecule has 6 nitrogen and oxygen atoms in total. The zero-order chi connectivity index (χ0) is 17.6. The Hall–Kier alpha value is -2.37. The van der Waals surface area contributed by atoms with E-state index in [1.54, 1.807) is 6.92 Å². The lowest BCUT2D eigenvalue weighted by molar-refractivity contribution is -0.140. The van der Waals surface area contributed by atoms with Gasteiger partial charge in [-0.15, -0.1) is 0 Å². The van der Waals surface area contributed by atoms with Crippen LogP contribution in [0.5, 0.6) is 0 Å². The van der Waals surface area contributed by atoms with Gasteiger partial charge in [-0.25, -0.2) is 0 Å². The summed E-state index contributed by atoms with van der Waals surface area (Å²) in [6, 6.07) is 0. The van der Waals surface area contributed by atoms with Crippen molar-refractivity contribution in [3.8, 4) is 0 Å². The Morgan fingerprint density at radius 3 is 2.09 bits per heavy atom. The first kappa shape index (κ1) is 18.7. The lowest BCUT2D eigenvalue weighted by Crippen LogP contribution is -2.24. The molecule has 0 bridgehead atoms. The lowest BCUT2D eigenvalue weighted by Gasteiger charge is -2.19. The Morgan fingerprint density at radius 2 is 1.57 bits per heavy atom. The lowest BCUT2D eigenvalue weighted by atomic mass is 9.90. The molecule has 1 aliphatic carbocycles. The molecular weight excluding hydrogens is 300 g/mol. The fraction of sp³-hybridized carbons (Fsp3) is 0.471. The maximum atomic E-state index is 12.4. The number of hydrogen-bond acceptors (Lipinski definition) is 6. The average Bonchev–Trinajstić information content (AvgIpc) is 2.55. The van der Waals surface area contributed by atoms with Crippen molar-refractivity contribution in [2.75, 3.05) is 21.3 Å². The molecule has 0 saturated heterocycles. The van der Waals surface area contributed by atoms with Crippen molar-refractivity contribution in [1.82, 2.24) is 0 Å². The van der Waals surface area contributed by atoms with E-state index in [1.807, 2.05) is 13.0 Å². The Balaban J connectivity index is 2.92. The third kappa shape index (κ3) is 4.31. The average molecular weight is 322 g/mol. The summed E-state index contributed by atoms with van der Waals surface area (Å²) in [7, 11) is 4.00. The third-order valence-electron chi connectivity index (χ3n) is 3.70. The van der Waals surface area contributed by atoms with Crippen LogP contribution in [0.25, 0.3) is 0 Å². The summed E-state index contributed by atoms with van der Waals surface area (Å²) >= 11 is 0. The highest BCUT2D eigenvalue weighted by Gasteiger charge is 2.33. The first-order valence-corrected chi connectivity index (χ1v) is 7.21. The predicted molar refractivity (Wildman–Crippen MR) is 83.4 cm³/mol. The molecule has 0 aliphatic heterocycles. The normalized spacial score (nSPS) is 16.0. The fourth-order valence-electron chi connectivity index (χ4n) is 2.22. The van der Waals surface area contributed by atoms with Gasteiger partial charge in [0, 0.05) is 17.6 Å². The largest absolute Gasteiger partial charge is 0.489 e. The second-order valence-corrected chi connectivity index (χ2v) is 5.16. The zero-order valence-electron chi connectivity index (χ0n) is 14.1. The van der Waals surface area contributed by atoms with Crippen molar-refractivity contribution in [2.24, 2.45) is 0 Å². The first-order valence-electron chi connectivity index (χ1n) is 7.21. The molecule has 0 heterocycles. The van der Waals surface area contributed by atoms with E-state index in [1.165, 1.54) is 21.3 Å². The van der Waals surface area contributed by atoms with Crippen molar-refractivity contribution in [2.45, 2.75) is 33.1 Å². The van der Waals surface area contributed by atoms with Crippen molar-refractivity contribution >= 4 is 17.5 Å². The summed E-state index contributed by atoms with van der Waals surface area (Å²) in [5.74, 6) is -1.12. The number of hydrogen-bond donors (Lipinski definition) is 0. The Morgan fingerprint density at radius 1 is 1.00 bits per heavy atom. The highest BCUT2D eigenvalue weighted by atomic mass is 16.5. The van der Waals surface area contributed by atoms with Gasteiger partial charge >= 0.3 is 5.97 Å². The number of Topliss-reactive ketones (excluding diaryl/α,β-unsaturated/α-hetero) is 2. The minimum Gasteiger partial charge on any atom is -0.489 e. The van der Waals surface area contributed by atoms with Gasteiger partial charge in [0.1, 0.15) is 0 Å². The highest BCUT2D eigenvalue weighted by molar-refractivity contribution is 6.23. The smallest absolute Gasteiger partial charge is 0.305 e. The SMILES string of the molecule is COC(=O)CC/C(C)=C/CC1=C(C)C(=O)C(OC)=C(OC)C1=O. The van der Waals surface area contributed by atoms with E-state index in [9.17, 15) is 14.4 Å². The van der Waals surface area contributed by atoms with E-state index in [2.05, 4.69) is 4.74 Å². The van der Waals surface area contributed by atoms with Crippen LogP contribution in [0.15, 0.2) is 34.3 Å². The van der Waals surface area contributed by atoms with Crippen LogP contribution >= 0.6 is 0 Å². The number of ketones is 2. The van der Waals surface area contributed by atoms with Gasteiger partial charge in [0.15, 0.2) is 0 Å². The Kier molecular flexibility index (Phi) is 6.75. The standard InChI is InChI=1S/C17H22O6/c1-10(7-9-13(18)21-3)6-8-12-11(2)14(19)16(22-4)17(23-5)15(12)20/h6H,7-9H2,1-5H3/b10-6+. The summed E-state index contributed by atoms with van der Waals surface area (Å²) in [4.78, 5) is 35.8. The summed E-state index contributed by atoms with van der Waals surface area (Å²) < 4.78 is 14.6. The number of methoxy groups -OCH3 is 3. The molecule has 0 radical (unpaired) electrons. The van der Waals surface area contributed by atoms with Crippen molar-refractivity contribution in [3.05, 3.63) is 34.3 Å². The van der Waals surface area contributed by atoms with Crippen molar-refractivity contribution in [3.63, 3.8) is 0 Å². The van der Waals surface area contributed by atoms with Crippen LogP contribution in [0.4, 0.5) is 0 Å². The second-order valence-electron chi connectivity index (χ2n) is 5.16. The summed E-state index contributed by atoms with van der Waals surface area (Å²) in [6.45, 7) is 3.46. The quantitative estimate of drug-likeness (QED) is 0.406. The van der Waals surface area contributed by atoms with E-state index in [0.29, 0.717) is 24.0 Å². The molecule has 0 amide bonds. The van der Waals surface area contributed by atoms with Crippen LogP contribution in [0.1, 0.15) is 33.1 Å². The van der Waals surface area contributed by atoms with Crippen LogP contribution in [0, 0.1) is 0 Å². The molecule has 6 heteroatoms. The minimum atomic E-state index is -0.349. The number of carbonyl (C=O) groups excluding carboxylic acids is 3. The molecule has 126 valence electrons. The van der Waals surface area contributed by atoms with E-state index >= 15 is 0 Å². The number of ether oxygens (including phenoxy) is 3. The molecule has 0 spiro atoms. The van der Waals surface area contributed by atoms with E-state index < -0.39 is 0 Å². The van der Waals surface area contributed by atoms with E-state index in [4.69, 9.17) is 9.47 Å². The van der Waals surface area contributed by atoms with Gasteiger partial charge in [-0.05, 0) is 26.7 Å². The third-order valence-corrected chi connectivity index (χ3v) is 3.70. The Bertz CT molecular complexity index is 607. The number of rotatable bonds is 7. The molecule has 0 aromatic carbocycles. The van der Waals surface area contributed by atoms with Gasteiger partial charge in [0.2, 0.25) is 23.1 Å². The molecule has 0 unspecified atom stereocenters. The molecule has 0 N–H and O–H groups in total. The number of carbonyl (C=O) groups is 3. The summed E-state index contributed by atoms with van der Waals surface area (Å²) in [5.41, 5.74) is 1.67. The van der Waals surface area contributed by atoms with Gasteiger partial charge in [0.25, 0.3) is 0 Å². The maximum absolute atomic E-state index is 12.4. The summed E-state index contributed by atoms with van der Waals surface area (Å²) in [6.07, 6.45) is 2.95. The molecule has 0 atom stereocenters. The second kappa shape index (κ2) is 8.31. The van der Waals surface area contributed by atoms with Gasteiger partial charge in [-0.1, -0.05) is 11.6 Å².